The molecule has 2 aromatic rings. The van der Waals surface area contributed by atoms with Gasteiger partial charge in [-0.2, -0.15) is 0 Å². The van der Waals surface area contributed by atoms with E-state index < -0.39 is 0 Å². The molecule has 0 atom stereocenters. The van der Waals surface area contributed by atoms with Gasteiger partial charge in [-0.15, -0.1) is 11.6 Å². The number of pyridine rings is 1. The van der Waals surface area contributed by atoms with Gasteiger partial charge in [-0.3, -0.25) is 0 Å². The normalized spacial score (nSPS) is 18.5. The average Bonchev–Trinajstić information content (AvgIpc) is 2.78. The first-order valence-corrected chi connectivity index (χ1v) is 8.11. The molecule has 108 valence electrons. The Hall–Kier alpha value is -1.09. The highest BCUT2D eigenvalue weighted by molar-refractivity contribution is 6.17. The van der Waals surface area contributed by atoms with Crippen LogP contribution in [0.3, 0.4) is 0 Å². The predicted octanol–water partition coefficient (Wildman–Crippen LogP) is 4.18. The number of fused-ring (bicyclic) bond motifs is 1. The van der Waals surface area contributed by atoms with Crippen molar-refractivity contribution in [3.05, 3.63) is 24.2 Å². The summed E-state index contributed by atoms with van der Waals surface area (Å²) in [6.45, 7) is 3.43. The van der Waals surface area contributed by atoms with E-state index in [-0.39, 0.29) is 0 Å². The second-order valence-corrected chi connectivity index (χ2v) is 6.65. The summed E-state index contributed by atoms with van der Waals surface area (Å²) in [4.78, 5) is 9.25. The summed E-state index contributed by atoms with van der Waals surface area (Å²) < 4.78 is 2.31. The SMILES string of the molecule is CC1(Cn2c(CCCl)nc3cccnc32)CCCCC1. The molecular formula is C16H22ClN3. The van der Waals surface area contributed by atoms with E-state index in [1.807, 2.05) is 18.3 Å². The van der Waals surface area contributed by atoms with Gasteiger partial charge in [0.1, 0.15) is 11.3 Å². The van der Waals surface area contributed by atoms with Crippen molar-refractivity contribution in [3.8, 4) is 0 Å². The van der Waals surface area contributed by atoms with Crippen LogP contribution in [0.4, 0.5) is 0 Å². The van der Waals surface area contributed by atoms with Crippen LogP contribution in [0.5, 0.6) is 0 Å². The summed E-state index contributed by atoms with van der Waals surface area (Å²) in [5.74, 6) is 1.69. The van der Waals surface area contributed by atoms with Crippen LogP contribution in [0.2, 0.25) is 0 Å². The molecule has 3 rings (SSSR count). The Morgan fingerprint density at radius 2 is 2.10 bits per heavy atom. The molecule has 1 aliphatic rings. The molecule has 3 nitrogen and oxygen atoms in total. The lowest BCUT2D eigenvalue weighted by Crippen LogP contribution is -2.27. The van der Waals surface area contributed by atoms with E-state index in [0.717, 1.165) is 30.0 Å². The Labute approximate surface area is 125 Å². The first-order valence-electron chi connectivity index (χ1n) is 7.58. The van der Waals surface area contributed by atoms with Gasteiger partial charge in [-0.25, -0.2) is 9.97 Å². The molecule has 20 heavy (non-hydrogen) atoms. The van der Waals surface area contributed by atoms with Crippen LogP contribution in [0.25, 0.3) is 11.2 Å². The molecule has 2 heterocycles. The number of alkyl halides is 1. The molecule has 2 aromatic heterocycles. The second-order valence-electron chi connectivity index (χ2n) is 6.27. The minimum atomic E-state index is 0.379. The summed E-state index contributed by atoms with van der Waals surface area (Å²) in [6, 6.07) is 3.99. The van der Waals surface area contributed by atoms with Crippen LogP contribution in [-0.2, 0) is 13.0 Å². The molecular weight excluding hydrogens is 270 g/mol. The van der Waals surface area contributed by atoms with Crippen molar-refractivity contribution in [1.82, 2.24) is 14.5 Å². The molecule has 1 aliphatic carbocycles. The summed E-state index contributed by atoms with van der Waals surface area (Å²) in [6.07, 6.45) is 9.36. The van der Waals surface area contributed by atoms with E-state index in [0.29, 0.717) is 11.3 Å². The monoisotopic (exact) mass is 291 g/mol. The number of nitrogens with zero attached hydrogens (tertiary/aromatic N) is 3. The van der Waals surface area contributed by atoms with Crippen LogP contribution in [0.1, 0.15) is 44.9 Å². The molecule has 0 N–H and O–H groups in total. The lowest BCUT2D eigenvalue weighted by atomic mass is 9.75. The highest BCUT2D eigenvalue weighted by Gasteiger charge is 2.29. The lowest BCUT2D eigenvalue weighted by molar-refractivity contribution is 0.183. The van der Waals surface area contributed by atoms with Gasteiger partial charge in [0.2, 0.25) is 0 Å². The van der Waals surface area contributed by atoms with Gasteiger partial charge in [0.25, 0.3) is 0 Å². The Bertz CT molecular complexity index is 584. The lowest BCUT2D eigenvalue weighted by Gasteiger charge is -2.34. The molecule has 0 radical (unpaired) electrons. The minimum absolute atomic E-state index is 0.379. The molecule has 0 bridgehead atoms. The molecule has 0 saturated heterocycles. The van der Waals surface area contributed by atoms with Crippen molar-refractivity contribution in [1.29, 1.82) is 0 Å². The molecule has 0 aromatic carbocycles. The summed E-state index contributed by atoms with van der Waals surface area (Å²) in [5.41, 5.74) is 2.39. The van der Waals surface area contributed by atoms with Crippen molar-refractivity contribution < 1.29 is 0 Å². The Morgan fingerprint density at radius 3 is 2.85 bits per heavy atom. The van der Waals surface area contributed by atoms with Crippen LogP contribution in [-0.4, -0.2) is 20.4 Å². The first-order chi connectivity index (χ1) is 9.72. The van der Waals surface area contributed by atoms with E-state index in [9.17, 15) is 0 Å². The molecule has 1 fully saturated rings. The molecule has 0 amide bonds. The fourth-order valence-electron chi connectivity index (χ4n) is 3.39. The van der Waals surface area contributed by atoms with E-state index in [2.05, 4.69) is 16.5 Å². The molecule has 0 aliphatic heterocycles. The number of hydrogen-bond donors (Lipinski definition) is 0. The van der Waals surface area contributed by atoms with Crippen LogP contribution < -0.4 is 0 Å². The number of halogens is 1. The predicted molar refractivity (Wildman–Crippen MR) is 83.1 cm³/mol. The molecule has 1 saturated carbocycles. The molecule has 4 heteroatoms. The Kier molecular flexibility index (Phi) is 3.97. The smallest absolute Gasteiger partial charge is 0.160 e. The Balaban J connectivity index is 1.97. The van der Waals surface area contributed by atoms with Crippen molar-refractivity contribution in [2.75, 3.05) is 5.88 Å². The number of imidazole rings is 1. The third-order valence-corrected chi connectivity index (χ3v) is 4.69. The maximum absolute atomic E-state index is 5.94. The van der Waals surface area contributed by atoms with Crippen LogP contribution in [0.15, 0.2) is 18.3 Å². The van der Waals surface area contributed by atoms with Crippen LogP contribution in [0, 0.1) is 5.41 Å². The fourth-order valence-corrected chi connectivity index (χ4v) is 3.56. The van der Waals surface area contributed by atoms with Gasteiger partial charge in [-0.1, -0.05) is 26.2 Å². The van der Waals surface area contributed by atoms with Crippen molar-refractivity contribution in [2.45, 2.75) is 52.0 Å². The summed E-state index contributed by atoms with van der Waals surface area (Å²) in [5, 5.41) is 0. The topological polar surface area (TPSA) is 30.7 Å². The van der Waals surface area contributed by atoms with E-state index >= 15 is 0 Å². The van der Waals surface area contributed by atoms with Gasteiger partial charge in [0.05, 0.1) is 0 Å². The standard InChI is InChI=1S/C16H22ClN3/c1-16(8-3-2-4-9-16)12-20-14(7-10-17)19-13-6-5-11-18-15(13)20/h5-6,11H,2-4,7-10,12H2,1H3. The number of rotatable bonds is 4. The van der Waals surface area contributed by atoms with Gasteiger partial charge in [0.15, 0.2) is 5.65 Å². The average molecular weight is 292 g/mol. The Morgan fingerprint density at radius 1 is 1.30 bits per heavy atom. The molecule has 0 unspecified atom stereocenters. The van der Waals surface area contributed by atoms with Crippen molar-refractivity contribution in [3.63, 3.8) is 0 Å². The van der Waals surface area contributed by atoms with E-state index in [1.165, 1.54) is 32.1 Å². The third kappa shape index (κ3) is 2.69. The van der Waals surface area contributed by atoms with Crippen molar-refractivity contribution in [2.24, 2.45) is 5.41 Å². The van der Waals surface area contributed by atoms with Gasteiger partial charge >= 0.3 is 0 Å². The zero-order valence-electron chi connectivity index (χ0n) is 12.1. The minimum Gasteiger partial charge on any atom is -0.312 e. The van der Waals surface area contributed by atoms with E-state index in [1.54, 1.807) is 0 Å². The zero-order valence-corrected chi connectivity index (χ0v) is 12.9. The zero-order chi connectivity index (χ0) is 14.0. The highest BCUT2D eigenvalue weighted by atomic mass is 35.5. The largest absolute Gasteiger partial charge is 0.312 e. The molecule has 0 spiro atoms. The summed E-state index contributed by atoms with van der Waals surface area (Å²) in [7, 11) is 0. The van der Waals surface area contributed by atoms with Crippen LogP contribution >= 0.6 is 11.6 Å². The van der Waals surface area contributed by atoms with Crippen molar-refractivity contribution >= 4 is 22.8 Å². The number of aromatic nitrogens is 3. The fraction of sp³-hybridized carbons (Fsp3) is 0.625. The third-order valence-electron chi connectivity index (χ3n) is 4.50. The maximum Gasteiger partial charge on any atom is 0.160 e. The van der Waals surface area contributed by atoms with Gasteiger partial charge in [-0.05, 0) is 30.4 Å². The van der Waals surface area contributed by atoms with Gasteiger partial charge in [0, 0.05) is 25.0 Å². The number of aryl methyl sites for hydroxylation is 1. The van der Waals surface area contributed by atoms with Gasteiger partial charge < -0.3 is 4.57 Å². The van der Waals surface area contributed by atoms with E-state index in [4.69, 9.17) is 16.6 Å². The number of hydrogen-bond acceptors (Lipinski definition) is 2. The second kappa shape index (κ2) is 5.72. The quantitative estimate of drug-likeness (QED) is 0.791. The maximum atomic E-state index is 5.94. The first kappa shape index (κ1) is 13.9. The highest BCUT2D eigenvalue weighted by Crippen LogP contribution is 2.38. The summed E-state index contributed by atoms with van der Waals surface area (Å²) >= 11 is 5.94.